The maximum absolute atomic E-state index is 6.00. The van der Waals surface area contributed by atoms with Crippen molar-refractivity contribution >= 4 is 27.5 Å². The van der Waals surface area contributed by atoms with Gasteiger partial charge in [-0.2, -0.15) is 0 Å². The molecule has 1 N–H and O–H groups in total. The van der Waals surface area contributed by atoms with Gasteiger partial charge < -0.3 is 9.73 Å². The molecule has 0 fully saturated rings. The van der Waals surface area contributed by atoms with E-state index in [1.165, 1.54) is 5.56 Å². The van der Waals surface area contributed by atoms with E-state index in [2.05, 4.69) is 27.3 Å². The summed E-state index contributed by atoms with van der Waals surface area (Å²) in [5, 5.41) is 3.71. The zero-order chi connectivity index (χ0) is 12.3. The van der Waals surface area contributed by atoms with Crippen molar-refractivity contribution in [3.05, 3.63) is 57.4 Å². The summed E-state index contributed by atoms with van der Waals surface area (Å²) in [7, 11) is 1.92. The number of hydrogen-bond acceptors (Lipinski definition) is 2. The molecule has 0 aliphatic carbocycles. The molecule has 0 radical (unpaired) electrons. The molecule has 0 spiro atoms. The van der Waals surface area contributed by atoms with Crippen LogP contribution in [0.3, 0.4) is 0 Å². The summed E-state index contributed by atoms with van der Waals surface area (Å²) in [4.78, 5) is 0. The van der Waals surface area contributed by atoms with Crippen LogP contribution in [0.15, 0.2) is 45.5 Å². The molecule has 0 amide bonds. The fourth-order valence-electron chi connectivity index (χ4n) is 1.81. The minimum absolute atomic E-state index is 0.153. The van der Waals surface area contributed by atoms with Gasteiger partial charge in [0.25, 0.3) is 0 Å². The Bertz CT molecular complexity index is 498. The summed E-state index contributed by atoms with van der Waals surface area (Å²) in [6.45, 7) is 0. The van der Waals surface area contributed by atoms with Gasteiger partial charge in [-0.15, -0.1) is 0 Å². The van der Waals surface area contributed by atoms with Gasteiger partial charge in [-0.3, -0.25) is 0 Å². The Morgan fingerprint density at radius 3 is 2.71 bits per heavy atom. The van der Waals surface area contributed by atoms with Crippen molar-refractivity contribution in [3.63, 3.8) is 0 Å². The highest BCUT2D eigenvalue weighted by atomic mass is 79.9. The van der Waals surface area contributed by atoms with Crippen molar-refractivity contribution in [2.75, 3.05) is 7.05 Å². The maximum Gasteiger partial charge on any atom is 0.197 e. The van der Waals surface area contributed by atoms with Crippen molar-refractivity contribution in [2.45, 2.75) is 12.5 Å². The van der Waals surface area contributed by atoms with Crippen molar-refractivity contribution in [3.8, 4) is 0 Å². The van der Waals surface area contributed by atoms with Gasteiger partial charge in [0, 0.05) is 16.1 Å². The van der Waals surface area contributed by atoms with Crippen LogP contribution in [0.25, 0.3) is 0 Å². The fraction of sp³-hybridized carbons (Fsp3) is 0.231. The molecule has 0 aliphatic rings. The molecule has 0 bridgehead atoms. The Hall–Kier alpha value is -0.770. The molecule has 0 aliphatic heterocycles. The van der Waals surface area contributed by atoms with Crippen LogP contribution in [0, 0.1) is 0 Å². The summed E-state index contributed by atoms with van der Waals surface area (Å²) in [6.07, 6.45) is 2.47. The summed E-state index contributed by atoms with van der Waals surface area (Å²) in [5.74, 6) is 0. The molecule has 90 valence electrons. The van der Waals surface area contributed by atoms with Crippen LogP contribution >= 0.6 is 27.5 Å². The van der Waals surface area contributed by atoms with Gasteiger partial charge in [0.2, 0.25) is 0 Å². The summed E-state index contributed by atoms with van der Waals surface area (Å²) in [6, 6.07) is 10.2. The molecule has 2 rings (SSSR count). The van der Waals surface area contributed by atoms with Gasteiger partial charge in [-0.25, -0.2) is 0 Å². The first kappa shape index (κ1) is 12.7. The number of rotatable bonds is 4. The number of benzene rings is 1. The van der Waals surface area contributed by atoms with Gasteiger partial charge >= 0.3 is 0 Å². The van der Waals surface area contributed by atoms with Crippen LogP contribution in [-0.4, -0.2) is 7.05 Å². The highest BCUT2D eigenvalue weighted by Crippen LogP contribution is 2.28. The van der Waals surface area contributed by atoms with Gasteiger partial charge in [-0.05, 0) is 42.8 Å². The van der Waals surface area contributed by atoms with Crippen LogP contribution in [0.4, 0.5) is 0 Å². The van der Waals surface area contributed by atoms with Crippen LogP contribution in [-0.2, 0) is 6.42 Å². The molecule has 1 aromatic heterocycles. The lowest BCUT2D eigenvalue weighted by Gasteiger charge is -2.16. The van der Waals surface area contributed by atoms with Crippen LogP contribution in [0.2, 0.25) is 5.22 Å². The zero-order valence-electron chi connectivity index (χ0n) is 9.41. The Morgan fingerprint density at radius 2 is 2.12 bits per heavy atom. The largest absolute Gasteiger partial charge is 0.453 e. The fourth-order valence-corrected chi connectivity index (χ4v) is 2.50. The normalized spacial score (nSPS) is 12.6. The van der Waals surface area contributed by atoms with Gasteiger partial charge in [0.1, 0.15) is 0 Å². The molecule has 2 nitrogen and oxygen atoms in total. The average Bonchev–Trinajstić information content (AvgIpc) is 2.75. The summed E-state index contributed by atoms with van der Waals surface area (Å²) >= 11 is 9.55. The molecule has 17 heavy (non-hydrogen) atoms. The third-order valence-electron chi connectivity index (χ3n) is 2.75. The zero-order valence-corrected chi connectivity index (χ0v) is 11.8. The van der Waals surface area contributed by atoms with Crippen molar-refractivity contribution in [2.24, 2.45) is 0 Å². The third-order valence-corrected chi connectivity index (χ3v) is 3.83. The average molecular weight is 315 g/mol. The minimum atomic E-state index is 0.153. The van der Waals surface area contributed by atoms with E-state index in [-0.39, 0.29) is 6.04 Å². The van der Waals surface area contributed by atoms with Crippen LogP contribution in [0.1, 0.15) is 17.2 Å². The van der Waals surface area contributed by atoms with E-state index >= 15 is 0 Å². The molecule has 2 aromatic rings. The lowest BCUT2D eigenvalue weighted by atomic mass is 10.0. The standard InChI is InChI=1S/C13H13BrClNO/c1-16-12(10-6-7-17-13(10)15)8-9-4-2-3-5-11(9)14/h2-7,12,16H,8H2,1H3. The van der Waals surface area contributed by atoms with E-state index in [1.54, 1.807) is 6.26 Å². The lowest BCUT2D eigenvalue weighted by molar-refractivity contribution is 0.544. The molecule has 1 heterocycles. The van der Waals surface area contributed by atoms with Gasteiger partial charge in [0.15, 0.2) is 5.22 Å². The second-order valence-electron chi connectivity index (χ2n) is 3.79. The summed E-state index contributed by atoms with van der Waals surface area (Å²) in [5.41, 5.74) is 2.23. The smallest absolute Gasteiger partial charge is 0.197 e. The van der Waals surface area contributed by atoms with E-state index in [0.29, 0.717) is 5.22 Å². The molecule has 1 atom stereocenters. The van der Waals surface area contributed by atoms with E-state index in [1.807, 2.05) is 31.3 Å². The molecule has 1 unspecified atom stereocenters. The molecule has 0 saturated carbocycles. The molecule has 4 heteroatoms. The Balaban J connectivity index is 2.22. The highest BCUT2D eigenvalue weighted by Gasteiger charge is 2.16. The quantitative estimate of drug-likeness (QED) is 0.915. The lowest BCUT2D eigenvalue weighted by Crippen LogP contribution is -2.18. The monoisotopic (exact) mass is 313 g/mol. The second kappa shape index (κ2) is 5.71. The van der Waals surface area contributed by atoms with E-state index in [0.717, 1.165) is 16.5 Å². The SMILES string of the molecule is CNC(Cc1ccccc1Br)c1ccoc1Cl. The topological polar surface area (TPSA) is 25.2 Å². The second-order valence-corrected chi connectivity index (χ2v) is 4.98. The number of nitrogens with one attached hydrogen (secondary N) is 1. The van der Waals surface area contributed by atoms with Gasteiger partial charge in [-0.1, -0.05) is 34.1 Å². The van der Waals surface area contributed by atoms with Crippen LogP contribution in [0.5, 0.6) is 0 Å². The molecular weight excluding hydrogens is 302 g/mol. The number of halogens is 2. The van der Waals surface area contributed by atoms with Crippen molar-refractivity contribution in [1.82, 2.24) is 5.32 Å². The van der Waals surface area contributed by atoms with E-state index < -0.39 is 0 Å². The Morgan fingerprint density at radius 1 is 1.35 bits per heavy atom. The van der Waals surface area contributed by atoms with Crippen molar-refractivity contribution < 1.29 is 4.42 Å². The van der Waals surface area contributed by atoms with E-state index in [9.17, 15) is 0 Å². The first-order valence-corrected chi connectivity index (χ1v) is 6.53. The Labute approximate surface area is 114 Å². The minimum Gasteiger partial charge on any atom is -0.453 e. The number of hydrogen-bond donors (Lipinski definition) is 1. The maximum atomic E-state index is 6.00. The number of furan rings is 1. The predicted octanol–water partition coefficient (Wildman–Crippen LogP) is 4.20. The first-order valence-electron chi connectivity index (χ1n) is 5.36. The first-order chi connectivity index (χ1) is 8.22. The van der Waals surface area contributed by atoms with Gasteiger partial charge in [0.05, 0.1) is 6.26 Å². The van der Waals surface area contributed by atoms with E-state index in [4.69, 9.17) is 16.0 Å². The third kappa shape index (κ3) is 2.92. The summed E-state index contributed by atoms with van der Waals surface area (Å²) < 4.78 is 6.24. The molecular formula is C13H13BrClNO. The highest BCUT2D eigenvalue weighted by molar-refractivity contribution is 9.10. The number of likely N-dealkylation sites (N-methyl/N-ethyl adjacent to an activating group) is 1. The predicted molar refractivity (Wildman–Crippen MR) is 73.4 cm³/mol. The van der Waals surface area contributed by atoms with Crippen LogP contribution < -0.4 is 5.32 Å². The molecule has 1 aromatic carbocycles. The molecule has 0 saturated heterocycles. The van der Waals surface area contributed by atoms with Crippen molar-refractivity contribution in [1.29, 1.82) is 0 Å². The Kier molecular flexibility index (Phi) is 4.26.